The van der Waals surface area contributed by atoms with Crippen LogP contribution in [0.15, 0.2) is 12.2 Å². The molecule has 0 aliphatic carbocycles. The molecule has 0 heterocycles. The molecule has 0 aromatic rings. The van der Waals surface area contributed by atoms with E-state index >= 15 is 0 Å². The van der Waals surface area contributed by atoms with Crippen molar-refractivity contribution in [2.45, 2.75) is 6.92 Å². The van der Waals surface area contributed by atoms with Crippen molar-refractivity contribution in [2.75, 3.05) is 19.7 Å². The Labute approximate surface area is 94.8 Å². The van der Waals surface area contributed by atoms with E-state index in [1.165, 1.54) is 6.92 Å². The topological polar surface area (TPSA) is 84.5 Å². The molecule has 0 bridgehead atoms. The lowest BCUT2D eigenvalue weighted by atomic mass is 10.0. The zero-order valence-corrected chi connectivity index (χ0v) is 9.04. The number of esters is 1. The van der Waals surface area contributed by atoms with Crippen LogP contribution >= 0.6 is 0 Å². The van der Waals surface area contributed by atoms with Crippen LogP contribution in [0.3, 0.4) is 0 Å². The Balaban J connectivity index is 3.52. The third-order valence-electron chi connectivity index (χ3n) is 1.39. The lowest BCUT2D eigenvalue weighted by molar-refractivity contribution is -0.138. The first-order valence-corrected chi connectivity index (χ1v) is 4.56. The van der Waals surface area contributed by atoms with Gasteiger partial charge < -0.3 is 20.2 Å². The SMILES string of the molecule is [B]C(=O)CNC(=O)NCCOC(=O)C(=C)C. The first-order chi connectivity index (χ1) is 7.43. The highest BCUT2D eigenvalue weighted by molar-refractivity contribution is 6.58. The predicted molar refractivity (Wildman–Crippen MR) is 57.9 cm³/mol. The van der Waals surface area contributed by atoms with Crippen molar-refractivity contribution in [3.05, 3.63) is 12.2 Å². The minimum absolute atomic E-state index is 0.0374. The van der Waals surface area contributed by atoms with Gasteiger partial charge in [-0.25, -0.2) is 9.59 Å². The first-order valence-electron chi connectivity index (χ1n) is 4.56. The molecule has 2 amide bonds. The summed E-state index contributed by atoms with van der Waals surface area (Å²) in [6, 6.07) is -0.551. The number of rotatable bonds is 6. The first kappa shape index (κ1) is 14.2. The van der Waals surface area contributed by atoms with Gasteiger partial charge in [0.25, 0.3) is 0 Å². The van der Waals surface area contributed by atoms with Gasteiger partial charge in [-0.15, -0.1) is 0 Å². The van der Waals surface area contributed by atoms with E-state index in [2.05, 4.69) is 17.2 Å². The quantitative estimate of drug-likeness (QED) is 0.265. The molecule has 0 rings (SSSR count). The number of amides is 2. The van der Waals surface area contributed by atoms with Crippen LogP contribution < -0.4 is 10.6 Å². The van der Waals surface area contributed by atoms with Crippen molar-refractivity contribution < 1.29 is 19.1 Å². The number of carbonyl (C=O) groups excluding carboxylic acids is 3. The standard InChI is InChI=1S/C9H13BN2O4/c1-6(2)8(14)16-4-3-11-9(15)12-5-7(10)13/h1,3-5H2,2H3,(H2,11,12,15). The van der Waals surface area contributed by atoms with E-state index in [4.69, 9.17) is 12.6 Å². The molecule has 7 heteroatoms. The van der Waals surface area contributed by atoms with Gasteiger partial charge in [-0.2, -0.15) is 0 Å². The fourth-order valence-corrected chi connectivity index (χ4v) is 0.661. The van der Waals surface area contributed by atoms with E-state index in [0.29, 0.717) is 0 Å². The fraction of sp³-hybridized carbons (Fsp3) is 0.444. The highest BCUT2D eigenvalue weighted by Crippen LogP contribution is 1.90. The summed E-state index contributed by atoms with van der Waals surface area (Å²) >= 11 is 0. The van der Waals surface area contributed by atoms with Crippen LogP contribution in [0.4, 0.5) is 4.79 Å². The molecule has 0 aromatic heterocycles. The number of hydrogen-bond donors (Lipinski definition) is 2. The van der Waals surface area contributed by atoms with Crippen molar-refractivity contribution in [2.24, 2.45) is 0 Å². The molecule has 0 aliphatic heterocycles. The monoisotopic (exact) mass is 224 g/mol. The molecule has 2 N–H and O–H groups in total. The normalized spacial score (nSPS) is 9.06. The summed E-state index contributed by atoms with van der Waals surface area (Å²) in [4.78, 5) is 32.1. The Morgan fingerprint density at radius 3 is 2.44 bits per heavy atom. The second-order valence-electron chi connectivity index (χ2n) is 2.99. The highest BCUT2D eigenvalue weighted by Gasteiger charge is 2.03. The zero-order chi connectivity index (χ0) is 12.6. The van der Waals surface area contributed by atoms with Gasteiger partial charge in [-0.05, 0) is 6.92 Å². The van der Waals surface area contributed by atoms with Gasteiger partial charge in [0, 0.05) is 5.57 Å². The molecule has 0 unspecified atom stereocenters. The molecule has 0 saturated carbocycles. The second kappa shape index (κ2) is 7.50. The Hall–Kier alpha value is -1.79. The maximum atomic E-state index is 10.9. The zero-order valence-electron chi connectivity index (χ0n) is 9.04. The smallest absolute Gasteiger partial charge is 0.333 e. The number of carbonyl (C=O) groups is 3. The number of nitrogens with one attached hydrogen (secondary N) is 2. The van der Waals surface area contributed by atoms with Crippen molar-refractivity contribution in [3.63, 3.8) is 0 Å². The third-order valence-corrected chi connectivity index (χ3v) is 1.39. The van der Waals surface area contributed by atoms with Crippen LogP contribution in [0.1, 0.15) is 6.92 Å². The van der Waals surface area contributed by atoms with Gasteiger partial charge >= 0.3 is 12.0 Å². The van der Waals surface area contributed by atoms with Crippen molar-refractivity contribution in [1.82, 2.24) is 10.6 Å². The van der Waals surface area contributed by atoms with Crippen molar-refractivity contribution >= 4 is 25.5 Å². The van der Waals surface area contributed by atoms with Crippen LogP contribution in [0.2, 0.25) is 0 Å². The minimum atomic E-state index is -0.635. The average molecular weight is 224 g/mol. The second-order valence-corrected chi connectivity index (χ2v) is 2.99. The summed E-state index contributed by atoms with van der Waals surface area (Å²) in [6.45, 7) is 4.86. The fourth-order valence-electron chi connectivity index (χ4n) is 0.661. The van der Waals surface area contributed by atoms with E-state index in [1.54, 1.807) is 0 Å². The minimum Gasteiger partial charge on any atom is -0.460 e. The van der Waals surface area contributed by atoms with Crippen LogP contribution in [0.25, 0.3) is 0 Å². The lowest BCUT2D eigenvalue weighted by Crippen LogP contribution is -2.40. The molecule has 0 aromatic carbocycles. The van der Waals surface area contributed by atoms with Gasteiger partial charge in [0.15, 0.2) is 7.85 Å². The molecule has 86 valence electrons. The van der Waals surface area contributed by atoms with Crippen LogP contribution in [-0.2, 0) is 14.3 Å². The molecule has 0 atom stereocenters. The highest BCUT2D eigenvalue weighted by atomic mass is 16.5. The van der Waals surface area contributed by atoms with Gasteiger partial charge in [0.05, 0.1) is 18.8 Å². The number of hydrogen-bond acceptors (Lipinski definition) is 4. The molecule has 0 fully saturated rings. The third kappa shape index (κ3) is 7.60. The Morgan fingerprint density at radius 1 is 1.31 bits per heavy atom. The summed E-state index contributed by atoms with van der Waals surface area (Å²) in [5, 5.41) is 4.58. The Bertz CT molecular complexity index is 304. The van der Waals surface area contributed by atoms with Gasteiger partial charge in [-0.3, -0.25) is 0 Å². The maximum absolute atomic E-state index is 10.9. The average Bonchev–Trinajstić information content (AvgIpc) is 2.20. The van der Waals surface area contributed by atoms with E-state index in [-0.39, 0.29) is 25.3 Å². The van der Waals surface area contributed by atoms with Gasteiger partial charge in [0.2, 0.25) is 0 Å². The summed E-state index contributed by atoms with van der Waals surface area (Å²) in [6.07, 6.45) is 0. The Morgan fingerprint density at radius 2 is 1.94 bits per heavy atom. The summed E-state index contributed by atoms with van der Waals surface area (Å²) < 4.78 is 4.71. The molecular formula is C9H13BN2O4. The molecule has 0 aliphatic rings. The van der Waals surface area contributed by atoms with Gasteiger partial charge in [0.1, 0.15) is 6.61 Å². The molecule has 6 nitrogen and oxygen atoms in total. The predicted octanol–water partition coefficient (Wildman–Crippen LogP) is -0.900. The van der Waals surface area contributed by atoms with Crippen molar-refractivity contribution in [3.8, 4) is 0 Å². The van der Waals surface area contributed by atoms with Crippen molar-refractivity contribution in [1.29, 1.82) is 0 Å². The number of ether oxygens (including phenoxy) is 1. The van der Waals surface area contributed by atoms with E-state index in [0.717, 1.165) is 0 Å². The van der Waals surface area contributed by atoms with E-state index in [9.17, 15) is 14.4 Å². The molecular weight excluding hydrogens is 211 g/mol. The molecule has 2 radical (unpaired) electrons. The van der Waals surface area contributed by atoms with E-state index in [1.807, 2.05) is 0 Å². The largest absolute Gasteiger partial charge is 0.460 e. The lowest BCUT2D eigenvalue weighted by Gasteiger charge is -2.07. The Kier molecular flexibility index (Phi) is 6.66. The van der Waals surface area contributed by atoms with Crippen LogP contribution in [0.5, 0.6) is 0 Å². The summed E-state index contributed by atoms with van der Waals surface area (Å²) in [7, 11) is 4.81. The number of urea groups is 1. The summed E-state index contributed by atoms with van der Waals surface area (Å²) in [5.41, 5.74) is -0.345. The molecule has 0 saturated heterocycles. The summed E-state index contributed by atoms with van der Waals surface area (Å²) in [5.74, 6) is -0.514. The molecule has 16 heavy (non-hydrogen) atoms. The van der Waals surface area contributed by atoms with E-state index < -0.39 is 17.7 Å². The molecule has 0 spiro atoms. The van der Waals surface area contributed by atoms with Gasteiger partial charge in [-0.1, -0.05) is 6.58 Å². The van der Waals surface area contributed by atoms with Crippen LogP contribution in [0, 0.1) is 0 Å². The van der Waals surface area contributed by atoms with Crippen LogP contribution in [-0.4, -0.2) is 45.2 Å². The maximum Gasteiger partial charge on any atom is 0.333 e.